The topological polar surface area (TPSA) is 40.5 Å². The van der Waals surface area contributed by atoms with Crippen LogP contribution >= 0.6 is 0 Å². The summed E-state index contributed by atoms with van der Waals surface area (Å²) in [6.07, 6.45) is 2.44. The van der Waals surface area contributed by atoms with E-state index in [2.05, 4.69) is 19.9 Å². The average molecular weight is 270 g/mol. The van der Waals surface area contributed by atoms with Crippen LogP contribution in [-0.2, 0) is 19.3 Å². The van der Waals surface area contributed by atoms with Crippen LogP contribution < -0.4 is 0 Å². The molecule has 0 atom stereocenters. The maximum absolute atomic E-state index is 10.4. The summed E-state index contributed by atoms with van der Waals surface area (Å²) in [5.41, 5.74) is 4.86. The number of hydrogen-bond donors (Lipinski definition) is 2. The third-order valence-electron chi connectivity index (χ3n) is 3.86. The normalized spacial score (nSPS) is 10.8. The molecule has 0 aliphatic rings. The van der Waals surface area contributed by atoms with E-state index in [4.69, 9.17) is 0 Å². The van der Waals surface area contributed by atoms with Crippen molar-refractivity contribution in [1.29, 1.82) is 0 Å². The summed E-state index contributed by atoms with van der Waals surface area (Å²) in [6, 6.07) is 10.1. The second-order valence-corrected chi connectivity index (χ2v) is 4.98. The number of benzene rings is 2. The molecule has 0 saturated carbocycles. The van der Waals surface area contributed by atoms with Gasteiger partial charge in [-0.25, -0.2) is 0 Å². The fraction of sp³-hybridized carbons (Fsp3) is 0.333. The molecule has 0 unspecified atom stereocenters. The summed E-state index contributed by atoms with van der Waals surface area (Å²) in [7, 11) is 0. The van der Waals surface area contributed by atoms with E-state index >= 15 is 0 Å². The molecule has 2 heteroatoms. The summed E-state index contributed by atoms with van der Waals surface area (Å²) in [6.45, 7) is 6.15. The minimum absolute atomic E-state index is 0.0158. The van der Waals surface area contributed by atoms with Crippen molar-refractivity contribution in [3.63, 3.8) is 0 Å². The highest BCUT2D eigenvalue weighted by Gasteiger charge is 2.18. The average Bonchev–Trinajstić information content (AvgIpc) is 2.49. The first-order valence-electron chi connectivity index (χ1n) is 7.28. The van der Waals surface area contributed by atoms with Crippen molar-refractivity contribution >= 4 is 0 Å². The van der Waals surface area contributed by atoms with Gasteiger partial charge in [-0.2, -0.15) is 0 Å². The van der Waals surface area contributed by atoms with Gasteiger partial charge in [-0.3, -0.25) is 0 Å². The van der Waals surface area contributed by atoms with Gasteiger partial charge in [-0.05, 0) is 41.5 Å². The molecular weight excluding hydrogens is 248 g/mol. The Kier molecular flexibility index (Phi) is 4.33. The van der Waals surface area contributed by atoms with E-state index in [1.807, 2.05) is 31.2 Å². The molecule has 0 aromatic heterocycles. The van der Waals surface area contributed by atoms with Gasteiger partial charge in [0.2, 0.25) is 0 Å². The fourth-order valence-corrected chi connectivity index (χ4v) is 2.69. The third kappa shape index (κ3) is 2.38. The molecule has 0 spiro atoms. The first-order chi connectivity index (χ1) is 9.63. The quantitative estimate of drug-likeness (QED) is 0.806. The highest BCUT2D eigenvalue weighted by molar-refractivity contribution is 5.80. The minimum Gasteiger partial charge on any atom is -0.504 e. The SMILES string of the molecule is CCc1ccccc1-c1c(CC)cc(CC)c(O)c1O. The first-order valence-corrected chi connectivity index (χ1v) is 7.28. The van der Waals surface area contributed by atoms with Gasteiger partial charge >= 0.3 is 0 Å². The van der Waals surface area contributed by atoms with E-state index in [0.717, 1.165) is 35.1 Å². The lowest BCUT2D eigenvalue weighted by molar-refractivity contribution is 0.400. The van der Waals surface area contributed by atoms with Crippen LogP contribution in [0.4, 0.5) is 0 Å². The maximum atomic E-state index is 10.4. The van der Waals surface area contributed by atoms with Gasteiger partial charge in [0.1, 0.15) is 0 Å². The molecule has 2 N–H and O–H groups in total. The summed E-state index contributed by atoms with van der Waals surface area (Å²) in [4.78, 5) is 0. The van der Waals surface area contributed by atoms with E-state index < -0.39 is 0 Å². The van der Waals surface area contributed by atoms with E-state index in [1.54, 1.807) is 0 Å². The Labute approximate surface area is 120 Å². The lowest BCUT2D eigenvalue weighted by Crippen LogP contribution is -1.96. The molecule has 0 aliphatic carbocycles. The van der Waals surface area contributed by atoms with Gasteiger partial charge in [0, 0.05) is 5.56 Å². The maximum Gasteiger partial charge on any atom is 0.166 e. The predicted molar refractivity (Wildman–Crippen MR) is 83.3 cm³/mol. The predicted octanol–water partition coefficient (Wildman–Crippen LogP) is 4.45. The molecule has 2 nitrogen and oxygen atoms in total. The van der Waals surface area contributed by atoms with Crippen molar-refractivity contribution in [1.82, 2.24) is 0 Å². The van der Waals surface area contributed by atoms with Crippen LogP contribution in [0.1, 0.15) is 37.5 Å². The van der Waals surface area contributed by atoms with E-state index in [0.29, 0.717) is 6.42 Å². The Morgan fingerprint density at radius 3 is 1.95 bits per heavy atom. The van der Waals surface area contributed by atoms with Gasteiger partial charge in [0.25, 0.3) is 0 Å². The zero-order valence-electron chi connectivity index (χ0n) is 12.4. The van der Waals surface area contributed by atoms with E-state index in [1.165, 1.54) is 5.56 Å². The number of aryl methyl sites for hydroxylation is 3. The molecule has 2 aromatic rings. The van der Waals surface area contributed by atoms with Gasteiger partial charge < -0.3 is 10.2 Å². The minimum atomic E-state index is 0.0158. The van der Waals surface area contributed by atoms with Crippen LogP contribution in [0.15, 0.2) is 30.3 Å². The summed E-state index contributed by atoms with van der Waals surface area (Å²) < 4.78 is 0. The Bertz CT molecular complexity index is 615. The number of phenols is 2. The number of phenolic OH excluding ortho intramolecular Hbond substituents is 2. The summed E-state index contributed by atoms with van der Waals surface area (Å²) in [5.74, 6) is 0.0349. The van der Waals surface area contributed by atoms with Crippen LogP contribution in [0.2, 0.25) is 0 Å². The molecular formula is C18H22O2. The molecule has 2 aromatic carbocycles. The van der Waals surface area contributed by atoms with Crippen LogP contribution in [-0.4, -0.2) is 10.2 Å². The van der Waals surface area contributed by atoms with E-state index in [9.17, 15) is 10.2 Å². The number of aromatic hydroxyl groups is 2. The smallest absolute Gasteiger partial charge is 0.166 e. The Hall–Kier alpha value is -1.96. The van der Waals surface area contributed by atoms with Crippen molar-refractivity contribution in [2.24, 2.45) is 0 Å². The zero-order valence-corrected chi connectivity index (χ0v) is 12.4. The van der Waals surface area contributed by atoms with E-state index in [-0.39, 0.29) is 11.5 Å². The fourth-order valence-electron chi connectivity index (χ4n) is 2.69. The molecule has 0 amide bonds. The highest BCUT2D eigenvalue weighted by Crippen LogP contribution is 2.43. The summed E-state index contributed by atoms with van der Waals surface area (Å²) >= 11 is 0. The van der Waals surface area contributed by atoms with Crippen LogP contribution in [0.3, 0.4) is 0 Å². The Morgan fingerprint density at radius 2 is 1.35 bits per heavy atom. The molecule has 0 heterocycles. The van der Waals surface area contributed by atoms with Crippen molar-refractivity contribution < 1.29 is 10.2 Å². The Morgan fingerprint density at radius 1 is 0.750 bits per heavy atom. The standard InChI is InChI=1S/C18H22O2/c1-4-12-9-7-8-10-15(12)16-13(5-2)11-14(6-3)17(19)18(16)20/h7-11,19-20H,4-6H2,1-3H3. The summed E-state index contributed by atoms with van der Waals surface area (Å²) in [5, 5.41) is 20.6. The van der Waals surface area contributed by atoms with Gasteiger partial charge in [-0.1, -0.05) is 51.1 Å². The van der Waals surface area contributed by atoms with Crippen molar-refractivity contribution in [3.05, 3.63) is 47.0 Å². The van der Waals surface area contributed by atoms with Crippen molar-refractivity contribution in [3.8, 4) is 22.6 Å². The van der Waals surface area contributed by atoms with Crippen LogP contribution in [0.5, 0.6) is 11.5 Å². The Balaban J connectivity index is 2.76. The molecule has 0 fully saturated rings. The molecule has 0 aliphatic heterocycles. The zero-order chi connectivity index (χ0) is 14.7. The molecule has 2 rings (SSSR count). The molecule has 0 radical (unpaired) electrons. The largest absolute Gasteiger partial charge is 0.504 e. The van der Waals surface area contributed by atoms with Crippen molar-refractivity contribution in [2.45, 2.75) is 40.0 Å². The van der Waals surface area contributed by atoms with Crippen molar-refractivity contribution in [2.75, 3.05) is 0 Å². The molecule has 0 saturated heterocycles. The lowest BCUT2D eigenvalue weighted by Gasteiger charge is -2.17. The monoisotopic (exact) mass is 270 g/mol. The molecule has 0 bridgehead atoms. The lowest BCUT2D eigenvalue weighted by atomic mass is 9.90. The van der Waals surface area contributed by atoms with Crippen LogP contribution in [0, 0.1) is 0 Å². The second kappa shape index (κ2) is 6.00. The molecule has 106 valence electrons. The van der Waals surface area contributed by atoms with Gasteiger partial charge in [-0.15, -0.1) is 0 Å². The number of hydrogen-bond acceptors (Lipinski definition) is 2. The second-order valence-electron chi connectivity index (χ2n) is 4.98. The first kappa shape index (κ1) is 14.4. The highest BCUT2D eigenvalue weighted by atomic mass is 16.3. The number of rotatable bonds is 4. The molecule has 20 heavy (non-hydrogen) atoms. The third-order valence-corrected chi connectivity index (χ3v) is 3.86. The van der Waals surface area contributed by atoms with Crippen LogP contribution in [0.25, 0.3) is 11.1 Å². The van der Waals surface area contributed by atoms with Gasteiger partial charge in [0.05, 0.1) is 0 Å². The van der Waals surface area contributed by atoms with Gasteiger partial charge in [0.15, 0.2) is 11.5 Å².